The van der Waals surface area contributed by atoms with Crippen LogP contribution in [-0.2, 0) is 0 Å². The fraction of sp³-hybridized carbons (Fsp3) is 0.0167. The maximum Gasteiger partial charge on any atom is 0.254 e. The highest BCUT2D eigenvalue weighted by Gasteiger charge is 2.36. The number of nitrogens with zero attached hydrogens (tertiary/aromatic N) is 3. The molecule has 3 aliphatic rings. The van der Waals surface area contributed by atoms with Gasteiger partial charge in [0.1, 0.15) is 0 Å². The molecule has 2 aliphatic carbocycles. The lowest BCUT2D eigenvalue weighted by Gasteiger charge is -2.24. The van der Waals surface area contributed by atoms with Crippen molar-refractivity contribution in [2.24, 2.45) is 0 Å². The third kappa shape index (κ3) is 5.02. The molecule has 1 unspecified atom stereocenters. The minimum absolute atomic E-state index is 0.208. The third-order valence-corrected chi connectivity index (χ3v) is 13.6. The van der Waals surface area contributed by atoms with Crippen molar-refractivity contribution in [1.29, 1.82) is 0 Å². The average Bonchev–Trinajstić information content (AvgIpc) is 3.88. The van der Waals surface area contributed by atoms with Gasteiger partial charge in [-0.05, 0) is 102 Å². The van der Waals surface area contributed by atoms with Crippen LogP contribution < -0.4 is 9.31 Å². The first-order valence-corrected chi connectivity index (χ1v) is 22.0. The molecule has 298 valence electrons. The largest absolute Gasteiger partial charge is 0.468 e. The number of rotatable bonds is 3. The van der Waals surface area contributed by atoms with Crippen LogP contribution in [0.2, 0.25) is 0 Å². The van der Waals surface area contributed by atoms with Crippen LogP contribution in [0, 0.1) is 41.7 Å². The summed E-state index contributed by atoms with van der Waals surface area (Å²) in [6, 6.07) is 73.6. The van der Waals surface area contributed by atoms with Crippen molar-refractivity contribution in [2.75, 3.05) is 0 Å². The molecule has 0 saturated heterocycles. The first kappa shape index (κ1) is 35.2. The smallest absolute Gasteiger partial charge is 0.254 e. The van der Waals surface area contributed by atoms with Gasteiger partial charge >= 0.3 is 0 Å². The molecule has 0 N–H and O–H groups in total. The van der Waals surface area contributed by atoms with Crippen molar-refractivity contribution in [3.05, 3.63) is 266 Å². The minimum atomic E-state index is -0.208. The Kier molecular flexibility index (Phi) is 7.42. The Morgan fingerprint density at radius 1 is 0.375 bits per heavy atom. The second-order valence-corrected chi connectivity index (χ2v) is 17.0. The minimum Gasteiger partial charge on any atom is -0.468 e. The van der Waals surface area contributed by atoms with Gasteiger partial charge in [0, 0.05) is 57.2 Å². The molecule has 3 heterocycles. The summed E-state index contributed by atoms with van der Waals surface area (Å²) in [5.41, 5.74) is 10.2. The van der Waals surface area contributed by atoms with Crippen LogP contribution >= 0.6 is 0 Å². The normalized spacial score (nSPS) is 14.7. The second kappa shape index (κ2) is 13.5. The molecule has 14 rings (SSSR count). The van der Waals surface area contributed by atoms with Crippen LogP contribution in [0.3, 0.4) is 0 Å². The summed E-state index contributed by atoms with van der Waals surface area (Å²) in [6.07, 6.45) is 8.32. The van der Waals surface area contributed by atoms with Crippen LogP contribution in [0.1, 0.15) is 0 Å². The second-order valence-electron chi connectivity index (χ2n) is 17.0. The molecule has 4 nitrogen and oxygen atoms in total. The van der Waals surface area contributed by atoms with E-state index in [-0.39, 0.29) is 6.10 Å². The number of aromatic nitrogens is 2. The average molecular weight is 817 g/mol. The van der Waals surface area contributed by atoms with Gasteiger partial charge < -0.3 is 13.9 Å². The summed E-state index contributed by atoms with van der Waals surface area (Å²) < 4.78 is 14.2. The molecule has 1 aliphatic heterocycles. The summed E-state index contributed by atoms with van der Waals surface area (Å²) >= 11 is 0. The van der Waals surface area contributed by atoms with Crippen LogP contribution in [0.5, 0.6) is 5.75 Å². The van der Waals surface area contributed by atoms with E-state index in [1.54, 1.807) is 0 Å². The van der Waals surface area contributed by atoms with Crippen LogP contribution in [0.4, 0.5) is 11.4 Å². The first-order valence-electron chi connectivity index (χ1n) is 22.0. The lowest BCUT2D eigenvalue weighted by molar-refractivity contribution is 0.303. The van der Waals surface area contributed by atoms with E-state index in [1.165, 1.54) is 69.7 Å². The lowest BCUT2D eigenvalue weighted by Crippen LogP contribution is -2.36. The van der Waals surface area contributed by atoms with Crippen LogP contribution in [-0.4, -0.2) is 20.9 Å². The zero-order valence-corrected chi connectivity index (χ0v) is 34.7. The Bertz CT molecular complexity index is 4240. The van der Waals surface area contributed by atoms with Crippen molar-refractivity contribution in [3.63, 3.8) is 0 Å². The lowest BCUT2D eigenvalue weighted by atomic mass is 9.99. The molecule has 0 fully saturated rings. The van der Waals surface area contributed by atoms with Gasteiger partial charge in [0.05, 0.1) is 22.1 Å². The van der Waals surface area contributed by atoms with Gasteiger partial charge in [-0.1, -0.05) is 140 Å². The molecule has 2 aromatic heterocycles. The van der Waals surface area contributed by atoms with Crippen molar-refractivity contribution in [3.8, 4) is 17.1 Å². The maximum absolute atomic E-state index is 6.95. The quantitative estimate of drug-likeness (QED) is 0.163. The number of ether oxygens (including phenoxy) is 1. The Labute approximate surface area is 367 Å². The van der Waals surface area contributed by atoms with E-state index in [9.17, 15) is 0 Å². The highest BCUT2D eigenvalue weighted by molar-refractivity contribution is 6.10. The van der Waals surface area contributed by atoms with Gasteiger partial charge in [-0.2, -0.15) is 4.58 Å². The summed E-state index contributed by atoms with van der Waals surface area (Å²) in [5.74, 6) is 0.858. The number of hydrogen-bond acceptors (Lipinski definition) is 1. The zero-order chi connectivity index (χ0) is 41.9. The monoisotopic (exact) mass is 816 g/mol. The highest BCUT2D eigenvalue weighted by Crippen LogP contribution is 2.39. The molecule has 0 bridgehead atoms. The van der Waals surface area contributed by atoms with Crippen molar-refractivity contribution in [2.45, 2.75) is 6.10 Å². The molecule has 11 aromatic rings. The number of benzene rings is 9. The van der Waals surface area contributed by atoms with E-state index in [0.717, 1.165) is 49.9 Å². The Morgan fingerprint density at radius 2 is 0.812 bits per heavy atom. The topological polar surface area (TPSA) is 22.1 Å². The first-order chi connectivity index (χ1) is 31.8. The number of fused-ring (bicyclic) bond motifs is 12. The van der Waals surface area contributed by atoms with E-state index in [4.69, 9.17) is 4.74 Å². The Hall–Kier alpha value is -8.47. The van der Waals surface area contributed by atoms with Crippen molar-refractivity contribution >= 4 is 60.7 Å². The molecule has 1 atom stereocenters. The van der Waals surface area contributed by atoms with E-state index in [1.807, 2.05) is 0 Å². The molecule has 0 spiro atoms. The molecule has 64 heavy (non-hydrogen) atoms. The number of para-hydroxylation sites is 5. The van der Waals surface area contributed by atoms with Crippen LogP contribution in [0.15, 0.2) is 224 Å². The Morgan fingerprint density at radius 3 is 1.38 bits per heavy atom. The number of hydrogen-bond donors (Lipinski definition) is 0. The molecule has 0 amide bonds. The predicted octanol–water partition coefficient (Wildman–Crippen LogP) is 13.5. The van der Waals surface area contributed by atoms with Gasteiger partial charge in [-0.15, -0.1) is 0 Å². The van der Waals surface area contributed by atoms with Gasteiger partial charge in [0.2, 0.25) is 17.5 Å². The van der Waals surface area contributed by atoms with Gasteiger partial charge in [0.25, 0.3) is 5.69 Å². The predicted molar refractivity (Wildman–Crippen MR) is 261 cm³/mol. The number of allylic oxidation sites excluding steroid dienone is 2. The fourth-order valence-corrected chi connectivity index (χ4v) is 10.9. The summed E-state index contributed by atoms with van der Waals surface area (Å²) in [6.45, 7) is 0. The fourth-order valence-electron chi connectivity index (χ4n) is 10.9. The summed E-state index contributed by atoms with van der Waals surface area (Å²) in [7, 11) is 0. The molecule has 4 heteroatoms. The van der Waals surface area contributed by atoms with E-state index in [0.29, 0.717) is 0 Å². The van der Waals surface area contributed by atoms with Gasteiger partial charge in [-0.3, -0.25) is 0 Å². The molecule has 0 radical (unpaired) electrons. The molecular weight excluding hydrogens is 779 g/mol. The third-order valence-electron chi connectivity index (χ3n) is 13.6. The molecule has 9 aromatic carbocycles. The Balaban J connectivity index is 1.21. The highest BCUT2D eigenvalue weighted by atomic mass is 16.5. The van der Waals surface area contributed by atoms with Gasteiger partial charge in [-0.25, -0.2) is 0 Å². The summed E-state index contributed by atoms with van der Waals surface area (Å²) in [4.78, 5) is 0. The summed E-state index contributed by atoms with van der Waals surface area (Å²) in [5, 5.41) is 14.3. The standard InChI is InChI=1S/C60H38N3O/c1-2-16-38(17-3-1)61-57-28-14-15-29-59(57)64-60-37-52-42-19-5-4-18-41(42)43-32-30-39(62-53-24-10-6-20-45(53)46-21-7-11-25-54(46)62)34-49(43)50-35-40(31-33-44(50)51(52)36-58(60)61)63-55-26-12-8-22-47(55)48-23-9-13-27-56(48)63/h1-37,59H/q+1. The molecule has 0 saturated carbocycles. The zero-order valence-electron chi connectivity index (χ0n) is 34.7. The SMILES string of the molecule is C1=CC2=[N+](c3ccccc3)c3cc4c(cc3OC2C=C1)=c1ccccc1=c1ccc(-n2c3ccccc3c3ccccc32)cc1=c1cc(-n2c3ccccc3c3ccccc32)ccc1=4. The van der Waals surface area contributed by atoms with Crippen molar-refractivity contribution < 1.29 is 4.74 Å². The molecular formula is C60H38N3O+. The van der Waals surface area contributed by atoms with Crippen molar-refractivity contribution in [1.82, 2.24) is 13.7 Å². The maximum atomic E-state index is 6.95. The van der Waals surface area contributed by atoms with E-state index >= 15 is 0 Å². The van der Waals surface area contributed by atoms with Crippen LogP contribution in [0.25, 0.3) is 55.0 Å². The van der Waals surface area contributed by atoms with Gasteiger partial charge in [0.15, 0.2) is 5.75 Å². The van der Waals surface area contributed by atoms with E-state index < -0.39 is 0 Å². The van der Waals surface area contributed by atoms with E-state index in [2.05, 4.69) is 238 Å².